The van der Waals surface area contributed by atoms with Crippen LogP contribution in [0, 0.1) is 11.3 Å². The molecule has 1 aromatic heterocycles. The molecule has 0 amide bonds. The van der Waals surface area contributed by atoms with E-state index in [-0.39, 0.29) is 0 Å². The van der Waals surface area contributed by atoms with E-state index < -0.39 is 0 Å². The van der Waals surface area contributed by atoms with Crippen molar-refractivity contribution in [2.24, 2.45) is 7.05 Å². The lowest BCUT2D eigenvalue weighted by molar-refractivity contribution is 0.813. The predicted octanol–water partition coefficient (Wildman–Crippen LogP) is 2.97. The molecule has 0 radical (unpaired) electrons. The Labute approximate surface area is 99.1 Å². The Morgan fingerprint density at radius 2 is 2.25 bits per heavy atom. The molecule has 0 spiro atoms. The quantitative estimate of drug-likeness (QED) is 0.600. The number of imidazole rings is 1. The van der Waals surface area contributed by atoms with Gasteiger partial charge in [-0.15, -0.1) is 0 Å². The molecule has 16 heavy (non-hydrogen) atoms. The molecule has 1 heterocycles. The van der Waals surface area contributed by atoms with E-state index in [0.717, 1.165) is 28.4 Å². The fourth-order valence-corrected chi connectivity index (χ4v) is 2.49. The maximum absolute atomic E-state index is 8.45. The number of hydrogen-bond donors (Lipinski definition) is 0. The van der Waals surface area contributed by atoms with Crippen molar-refractivity contribution in [2.45, 2.75) is 18.0 Å². The number of unbranched alkanes of at least 4 members (excludes halogenated alkanes) is 1. The van der Waals surface area contributed by atoms with Crippen molar-refractivity contribution >= 4 is 22.8 Å². The van der Waals surface area contributed by atoms with Crippen molar-refractivity contribution in [3.63, 3.8) is 0 Å². The zero-order valence-corrected chi connectivity index (χ0v) is 10.00. The largest absolute Gasteiger partial charge is 0.322 e. The minimum Gasteiger partial charge on any atom is -0.322 e. The molecule has 3 nitrogen and oxygen atoms in total. The second kappa shape index (κ2) is 5.04. The van der Waals surface area contributed by atoms with Crippen LogP contribution in [-0.2, 0) is 7.05 Å². The van der Waals surface area contributed by atoms with Crippen LogP contribution in [0.4, 0.5) is 0 Å². The maximum Gasteiger partial charge on any atom is 0.168 e. The molecule has 82 valence electrons. The number of nitrogens with zero attached hydrogens (tertiary/aromatic N) is 3. The highest BCUT2D eigenvalue weighted by Crippen LogP contribution is 2.23. The third-order valence-electron chi connectivity index (χ3n) is 2.41. The van der Waals surface area contributed by atoms with E-state index in [1.165, 1.54) is 0 Å². The van der Waals surface area contributed by atoms with Gasteiger partial charge in [-0.1, -0.05) is 23.9 Å². The Balaban J connectivity index is 2.13. The standard InChI is InChI=1S/C12H13N3S/c1-15-11-7-3-2-6-10(11)14-12(15)16-9-5-4-8-13/h2-3,6-7H,4-5,9H2,1H3. The topological polar surface area (TPSA) is 41.6 Å². The Morgan fingerprint density at radius 1 is 1.44 bits per heavy atom. The number of nitriles is 1. The Kier molecular flexibility index (Phi) is 3.47. The van der Waals surface area contributed by atoms with Gasteiger partial charge in [0.2, 0.25) is 0 Å². The van der Waals surface area contributed by atoms with Crippen molar-refractivity contribution < 1.29 is 0 Å². The normalized spacial score (nSPS) is 10.5. The van der Waals surface area contributed by atoms with Crippen LogP contribution in [0.3, 0.4) is 0 Å². The number of aryl methyl sites for hydroxylation is 1. The average molecular weight is 231 g/mol. The number of aromatic nitrogens is 2. The van der Waals surface area contributed by atoms with Crippen LogP contribution in [0.2, 0.25) is 0 Å². The first-order valence-corrected chi connectivity index (χ1v) is 6.22. The van der Waals surface area contributed by atoms with Crippen LogP contribution in [0.5, 0.6) is 0 Å². The summed E-state index contributed by atoms with van der Waals surface area (Å²) in [5, 5.41) is 9.48. The monoisotopic (exact) mass is 231 g/mol. The summed E-state index contributed by atoms with van der Waals surface area (Å²) in [5.41, 5.74) is 2.19. The van der Waals surface area contributed by atoms with Crippen molar-refractivity contribution in [3.8, 4) is 6.07 Å². The van der Waals surface area contributed by atoms with Gasteiger partial charge in [-0.2, -0.15) is 5.26 Å². The summed E-state index contributed by atoms with van der Waals surface area (Å²) in [6.45, 7) is 0. The molecule has 0 aliphatic heterocycles. The minimum atomic E-state index is 0.622. The number of hydrogen-bond acceptors (Lipinski definition) is 3. The van der Waals surface area contributed by atoms with Crippen LogP contribution in [0.25, 0.3) is 11.0 Å². The highest BCUT2D eigenvalue weighted by Gasteiger charge is 2.06. The van der Waals surface area contributed by atoms with Crippen molar-refractivity contribution in [1.29, 1.82) is 5.26 Å². The molecule has 0 unspecified atom stereocenters. The summed E-state index contributed by atoms with van der Waals surface area (Å²) in [6.07, 6.45) is 1.54. The van der Waals surface area contributed by atoms with Gasteiger partial charge in [-0.05, 0) is 18.6 Å². The van der Waals surface area contributed by atoms with Crippen molar-refractivity contribution in [2.75, 3.05) is 5.75 Å². The summed E-state index contributed by atoms with van der Waals surface area (Å²) in [7, 11) is 2.03. The number of benzene rings is 1. The first kappa shape index (κ1) is 11.0. The van der Waals surface area contributed by atoms with E-state index in [0.29, 0.717) is 6.42 Å². The molecule has 4 heteroatoms. The number of thioether (sulfide) groups is 1. The van der Waals surface area contributed by atoms with E-state index in [2.05, 4.69) is 21.7 Å². The Bertz CT molecular complexity index is 525. The van der Waals surface area contributed by atoms with Gasteiger partial charge in [-0.25, -0.2) is 4.98 Å². The fraction of sp³-hybridized carbons (Fsp3) is 0.333. The number of fused-ring (bicyclic) bond motifs is 1. The summed E-state index contributed by atoms with van der Waals surface area (Å²) in [4.78, 5) is 4.55. The van der Waals surface area contributed by atoms with Gasteiger partial charge in [0, 0.05) is 19.2 Å². The number of para-hydroxylation sites is 2. The van der Waals surface area contributed by atoms with Gasteiger partial charge in [0.1, 0.15) is 0 Å². The van der Waals surface area contributed by atoms with Gasteiger partial charge >= 0.3 is 0 Å². The number of rotatable bonds is 4. The first-order valence-electron chi connectivity index (χ1n) is 5.24. The first-order chi connectivity index (χ1) is 7.83. The van der Waals surface area contributed by atoms with Gasteiger partial charge < -0.3 is 4.57 Å². The van der Waals surface area contributed by atoms with Crippen LogP contribution in [0.1, 0.15) is 12.8 Å². The molecule has 0 saturated carbocycles. The zero-order valence-electron chi connectivity index (χ0n) is 9.18. The molecule has 0 saturated heterocycles. The second-order valence-electron chi connectivity index (χ2n) is 3.55. The minimum absolute atomic E-state index is 0.622. The molecule has 0 fully saturated rings. The van der Waals surface area contributed by atoms with Crippen molar-refractivity contribution in [3.05, 3.63) is 24.3 Å². The Hall–Kier alpha value is -1.47. The lowest BCUT2D eigenvalue weighted by Crippen LogP contribution is -1.91. The molecule has 2 rings (SSSR count). The maximum atomic E-state index is 8.45. The van der Waals surface area contributed by atoms with Crippen LogP contribution in [-0.4, -0.2) is 15.3 Å². The lowest BCUT2D eigenvalue weighted by atomic mass is 10.3. The van der Waals surface area contributed by atoms with E-state index >= 15 is 0 Å². The molecule has 0 aliphatic rings. The van der Waals surface area contributed by atoms with E-state index in [4.69, 9.17) is 5.26 Å². The fourth-order valence-electron chi connectivity index (χ4n) is 1.57. The molecule has 0 bridgehead atoms. The van der Waals surface area contributed by atoms with Crippen LogP contribution < -0.4 is 0 Å². The Morgan fingerprint density at radius 3 is 3.00 bits per heavy atom. The third kappa shape index (κ3) is 2.20. The predicted molar refractivity (Wildman–Crippen MR) is 66.3 cm³/mol. The average Bonchev–Trinajstić information content (AvgIpc) is 2.63. The SMILES string of the molecule is Cn1c(SCCCC#N)nc2ccccc21. The summed E-state index contributed by atoms with van der Waals surface area (Å²) in [6, 6.07) is 10.3. The van der Waals surface area contributed by atoms with Gasteiger partial charge in [0.15, 0.2) is 5.16 Å². The lowest BCUT2D eigenvalue weighted by Gasteiger charge is -2.00. The van der Waals surface area contributed by atoms with Gasteiger partial charge in [-0.3, -0.25) is 0 Å². The van der Waals surface area contributed by atoms with E-state index in [1.54, 1.807) is 11.8 Å². The molecular weight excluding hydrogens is 218 g/mol. The van der Waals surface area contributed by atoms with Gasteiger partial charge in [0.25, 0.3) is 0 Å². The van der Waals surface area contributed by atoms with E-state index in [9.17, 15) is 0 Å². The molecule has 0 atom stereocenters. The zero-order chi connectivity index (χ0) is 11.4. The summed E-state index contributed by atoms with van der Waals surface area (Å²) >= 11 is 1.71. The molecule has 1 aromatic carbocycles. The smallest absolute Gasteiger partial charge is 0.168 e. The highest BCUT2D eigenvalue weighted by atomic mass is 32.2. The van der Waals surface area contributed by atoms with E-state index in [1.807, 2.05) is 25.2 Å². The molecule has 0 N–H and O–H groups in total. The molecule has 2 aromatic rings. The summed E-state index contributed by atoms with van der Waals surface area (Å²) in [5.74, 6) is 0.949. The van der Waals surface area contributed by atoms with Crippen LogP contribution in [0.15, 0.2) is 29.4 Å². The van der Waals surface area contributed by atoms with Gasteiger partial charge in [0.05, 0.1) is 17.1 Å². The molecule has 0 aliphatic carbocycles. The van der Waals surface area contributed by atoms with Crippen molar-refractivity contribution in [1.82, 2.24) is 9.55 Å². The highest BCUT2D eigenvalue weighted by molar-refractivity contribution is 7.99. The van der Waals surface area contributed by atoms with Crippen LogP contribution >= 0.6 is 11.8 Å². The second-order valence-corrected chi connectivity index (χ2v) is 4.61. The summed E-state index contributed by atoms with van der Waals surface area (Å²) < 4.78 is 2.10. The third-order valence-corrected chi connectivity index (χ3v) is 3.53. The molecular formula is C12H13N3S.